The molecule has 1 N–H and O–H groups in total. The molecule has 12 heteroatoms. The molecule has 0 aliphatic carbocycles. The van der Waals surface area contributed by atoms with Crippen molar-refractivity contribution in [2.75, 3.05) is 51.3 Å². The molecule has 0 unspecified atom stereocenters. The molecule has 2 aromatic rings. The topological polar surface area (TPSA) is 113 Å². The molecule has 0 radical (unpaired) electrons. The number of nitrogens with one attached hydrogen (secondary N) is 1. The maximum absolute atomic E-state index is 14.2. The average molecular weight is 556 g/mol. The van der Waals surface area contributed by atoms with Gasteiger partial charge in [-0.3, -0.25) is 9.59 Å². The van der Waals surface area contributed by atoms with E-state index in [-0.39, 0.29) is 52.6 Å². The number of halogens is 1. The van der Waals surface area contributed by atoms with Crippen LogP contribution in [-0.4, -0.2) is 101 Å². The zero-order chi connectivity index (χ0) is 28.4. The Morgan fingerprint density at radius 1 is 1.25 bits per heavy atom. The predicted molar refractivity (Wildman–Crippen MR) is 146 cm³/mol. The molecule has 2 amide bonds. The van der Waals surface area contributed by atoms with Crippen LogP contribution in [0, 0.1) is 11.2 Å². The van der Waals surface area contributed by atoms with Crippen molar-refractivity contribution in [1.29, 1.82) is 0 Å². The van der Waals surface area contributed by atoms with E-state index in [9.17, 15) is 14.0 Å². The van der Waals surface area contributed by atoms with Crippen LogP contribution >= 0.6 is 0 Å². The van der Waals surface area contributed by atoms with E-state index in [0.29, 0.717) is 25.5 Å². The Bertz CT molecular complexity index is 1230. The molecule has 3 aliphatic heterocycles. The number of amides is 2. The first-order chi connectivity index (χ1) is 19.2. The zero-order valence-electron chi connectivity index (χ0n) is 23.6. The Kier molecular flexibility index (Phi) is 8.18. The van der Waals surface area contributed by atoms with Gasteiger partial charge in [-0.2, -0.15) is 0 Å². The summed E-state index contributed by atoms with van der Waals surface area (Å²) in [5.74, 6) is 0.163. The molecule has 3 fully saturated rings. The van der Waals surface area contributed by atoms with Crippen LogP contribution in [-0.2, 0) is 9.53 Å². The number of ether oxygens (including phenoxy) is 2. The first kappa shape index (κ1) is 28.2. The third kappa shape index (κ3) is 5.46. The molecule has 0 bridgehead atoms. The minimum absolute atomic E-state index is 0.0582. The van der Waals surface area contributed by atoms with E-state index in [0.717, 1.165) is 38.9 Å². The lowest BCUT2D eigenvalue weighted by atomic mass is 9.72. The Balaban J connectivity index is 1.26. The van der Waals surface area contributed by atoms with Crippen LogP contribution in [0.15, 0.2) is 24.5 Å². The number of hydrogen-bond donors (Lipinski definition) is 1. The number of rotatable bonds is 8. The molecule has 5 rings (SSSR count). The fraction of sp³-hybridized carbons (Fsp3) is 0.607. The van der Waals surface area contributed by atoms with E-state index < -0.39 is 5.82 Å². The Morgan fingerprint density at radius 2 is 2.00 bits per heavy atom. The Morgan fingerprint density at radius 3 is 2.67 bits per heavy atom. The van der Waals surface area contributed by atoms with E-state index in [4.69, 9.17) is 9.47 Å². The minimum atomic E-state index is -0.524. The highest BCUT2D eigenvalue weighted by Gasteiger charge is 2.48. The van der Waals surface area contributed by atoms with Crippen LogP contribution in [0.3, 0.4) is 0 Å². The van der Waals surface area contributed by atoms with Gasteiger partial charge in [0.25, 0.3) is 11.8 Å². The monoisotopic (exact) mass is 555 g/mol. The molecule has 216 valence electrons. The summed E-state index contributed by atoms with van der Waals surface area (Å²) in [5.41, 5.74) is 0.204. The smallest absolute Gasteiger partial charge is 0.282 e. The van der Waals surface area contributed by atoms with Gasteiger partial charge in [-0.05, 0) is 64.8 Å². The SMILES string of the molecule is CCN(C(=O)c1cc(F)ccc1Oc1nncnc1N1CC2(CCN(C(=O)[C@H]3NCC[C@@H]3OC)CC2)C1)C(C)C. The van der Waals surface area contributed by atoms with Gasteiger partial charge < -0.3 is 29.5 Å². The second-order valence-electron chi connectivity index (χ2n) is 11.2. The van der Waals surface area contributed by atoms with Gasteiger partial charge in [-0.15, -0.1) is 10.2 Å². The van der Waals surface area contributed by atoms with Crippen molar-refractivity contribution in [2.24, 2.45) is 5.41 Å². The summed E-state index contributed by atoms with van der Waals surface area (Å²) in [6, 6.07) is 3.56. The van der Waals surface area contributed by atoms with E-state index in [1.54, 1.807) is 12.0 Å². The molecule has 1 spiro atoms. The van der Waals surface area contributed by atoms with E-state index >= 15 is 0 Å². The lowest BCUT2D eigenvalue weighted by molar-refractivity contribution is -0.138. The molecule has 4 heterocycles. The quantitative estimate of drug-likeness (QED) is 0.525. The van der Waals surface area contributed by atoms with Gasteiger partial charge in [-0.25, -0.2) is 9.37 Å². The van der Waals surface area contributed by atoms with Gasteiger partial charge in [0.05, 0.1) is 11.7 Å². The summed E-state index contributed by atoms with van der Waals surface area (Å²) in [6.07, 6.45) is 3.93. The normalized spacial score (nSPS) is 21.9. The molecular weight excluding hydrogens is 517 g/mol. The minimum Gasteiger partial charge on any atom is -0.434 e. The summed E-state index contributed by atoms with van der Waals surface area (Å²) in [4.78, 5) is 36.4. The van der Waals surface area contributed by atoms with Gasteiger partial charge in [0.1, 0.15) is 23.9 Å². The summed E-state index contributed by atoms with van der Waals surface area (Å²) >= 11 is 0. The van der Waals surface area contributed by atoms with Crippen LogP contribution in [0.2, 0.25) is 0 Å². The van der Waals surface area contributed by atoms with Crippen molar-refractivity contribution >= 4 is 17.6 Å². The number of carbonyl (C=O) groups excluding carboxylic acids is 2. The number of methoxy groups -OCH3 is 1. The second-order valence-corrected chi connectivity index (χ2v) is 11.2. The third-order valence-electron chi connectivity index (χ3n) is 8.40. The molecule has 0 saturated carbocycles. The van der Waals surface area contributed by atoms with Crippen LogP contribution in [0.4, 0.5) is 10.2 Å². The Hall–Kier alpha value is -3.38. The molecule has 3 saturated heterocycles. The van der Waals surface area contributed by atoms with Crippen molar-refractivity contribution in [2.45, 2.75) is 58.2 Å². The first-order valence-electron chi connectivity index (χ1n) is 14.0. The lowest BCUT2D eigenvalue weighted by Crippen LogP contribution is -2.62. The van der Waals surface area contributed by atoms with E-state index in [1.165, 1.54) is 24.5 Å². The van der Waals surface area contributed by atoms with Crippen molar-refractivity contribution in [1.82, 2.24) is 30.3 Å². The standard InChI is InChI=1S/C28H38FN7O4/c1-5-36(18(2)3)26(37)20-14-19(29)6-7-21(20)40-25-24(31-17-32-33-25)35-15-28(16-35)9-12-34(13-10-28)27(38)23-22(39-4)8-11-30-23/h6-7,14,17-18,22-23,30H,5,8-13,15-16H2,1-4H3/t22-,23-/m0/s1. The molecule has 3 aliphatic rings. The summed E-state index contributed by atoms with van der Waals surface area (Å²) in [7, 11) is 1.66. The van der Waals surface area contributed by atoms with Crippen molar-refractivity contribution in [3.05, 3.63) is 35.9 Å². The summed E-state index contributed by atoms with van der Waals surface area (Å²) < 4.78 is 25.8. The molecule has 1 aromatic carbocycles. The summed E-state index contributed by atoms with van der Waals surface area (Å²) in [5, 5.41) is 11.3. The summed E-state index contributed by atoms with van der Waals surface area (Å²) in [6.45, 7) is 9.88. The first-order valence-corrected chi connectivity index (χ1v) is 14.0. The number of aromatic nitrogens is 3. The van der Waals surface area contributed by atoms with Gasteiger partial charge >= 0.3 is 0 Å². The number of carbonyl (C=O) groups is 2. The second kappa shape index (κ2) is 11.6. The highest BCUT2D eigenvalue weighted by Crippen LogP contribution is 2.44. The van der Waals surface area contributed by atoms with Gasteiger partial charge in [-0.1, -0.05) is 0 Å². The van der Waals surface area contributed by atoms with Crippen molar-refractivity contribution < 1.29 is 23.5 Å². The van der Waals surface area contributed by atoms with Crippen LogP contribution in [0.5, 0.6) is 11.6 Å². The number of benzene rings is 1. The van der Waals surface area contributed by atoms with E-state index in [1.807, 2.05) is 25.7 Å². The van der Waals surface area contributed by atoms with Crippen molar-refractivity contribution in [3.8, 4) is 11.6 Å². The van der Waals surface area contributed by atoms with Crippen LogP contribution in [0.1, 0.15) is 50.4 Å². The van der Waals surface area contributed by atoms with Gasteiger partial charge in [0.2, 0.25) is 5.91 Å². The van der Waals surface area contributed by atoms with Crippen LogP contribution in [0.25, 0.3) is 0 Å². The maximum atomic E-state index is 14.2. The van der Waals surface area contributed by atoms with Crippen LogP contribution < -0.4 is 15.0 Å². The molecule has 11 nitrogen and oxygen atoms in total. The molecule has 2 atom stereocenters. The van der Waals surface area contributed by atoms with Gasteiger partial charge in [0.15, 0.2) is 5.82 Å². The maximum Gasteiger partial charge on any atom is 0.282 e. The predicted octanol–water partition coefficient (Wildman–Crippen LogP) is 2.48. The molecular formula is C28H38FN7O4. The number of likely N-dealkylation sites (tertiary alicyclic amines) is 1. The highest BCUT2D eigenvalue weighted by molar-refractivity contribution is 5.97. The lowest BCUT2D eigenvalue weighted by Gasteiger charge is -2.54. The fourth-order valence-corrected chi connectivity index (χ4v) is 6.11. The fourth-order valence-electron chi connectivity index (χ4n) is 6.11. The van der Waals surface area contributed by atoms with Gasteiger partial charge in [0, 0.05) is 51.3 Å². The number of nitrogens with zero attached hydrogens (tertiary/aromatic N) is 6. The molecule has 40 heavy (non-hydrogen) atoms. The third-order valence-corrected chi connectivity index (χ3v) is 8.40. The average Bonchev–Trinajstić information content (AvgIpc) is 3.42. The zero-order valence-corrected chi connectivity index (χ0v) is 23.6. The number of piperidine rings is 1. The Labute approximate surface area is 234 Å². The number of anilines is 1. The van der Waals surface area contributed by atoms with Crippen molar-refractivity contribution in [3.63, 3.8) is 0 Å². The number of hydrogen-bond acceptors (Lipinski definition) is 9. The largest absolute Gasteiger partial charge is 0.434 e. The van der Waals surface area contributed by atoms with E-state index in [2.05, 4.69) is 25.4 Å². The molecule has 1 aromatic heterocycles. The highest BCUT2D eigenvalue weighted by atomic mass is 19.1.